The maximum atomic E-state index is 12.8. The minimum atomic E-state index is 0.0576. The quantitative estimate of drug-likeness (QED) is 0.480. The Hall–Kier alpha value is -3.66. The zero-order valence-corrected chi connectivity index (χ0v) is 22.5. The SMILES string of the molecule is COc1cc(Nc2ncnc3cnc(N4CCOCC4)cc23)ccc1OC1CCN(C(=O)C2CCCC2)CC1. The monoisotopic (exact) mass is 532 g/mol. The molecule has 3 aromatic rings. The molecule has 3 fully saturated rings. The molecule has 0 atom stereocenters. The maximum absolute atomic E-state index is 12.8. The molecular weight excluding hydrogens is 496 g/mol. The summed E-state index contributed by atoms with van der Waals surface area (Å²) in [6.45, 7) is 4.52. The summed E-state index contributed by atoms with van der Waals surface area (Å²) in [7, 11) is 1.65. The Balaban J connectivity index is 1.13. The molecule has 1 saturated carbocycles. The largest absolute Gasteiger partial charge is 0.493 e. The van der Waals surface area contributed by atoms with Crippen molar-refractivity contribution in [3.05, 3.63) is 36.8 Å². The van der Waals surface area contributed by atoms with Crippen LogP contribution in [0.1, 0.15) is 38.5 Å². The van der Waals surface area contributed by atoms with Gasteiger partial charge in [-0.1, -0.05) is 12.8 Å². The summed E-state index contributed by atoms with van der Waals surface area (Å²) in [5.41, 5.74) is 1.61. The molecule has 1 aromatic carbocycles. The fraction of sp³-hybridized carbons (Fsp3) is 0.517. The number of anilines is 3. The third-order valence-electron chi connectivity index (χ3n) is 8.02. The van der Waals surface area contributed by atoms with E-state index in [1.165, 1.54) is 12.8 Å². The second kappa shape index (κ2) is 11.6. The van der Waals surface area contributed by atoms with Crippen molar-refractivity contribution in [3.8, 4) is 11.5 Å². The summed E-state index contributed by atoms with van der Waals surface area (Å²) in [4.78, 5) is 30.5. The molecule has 1 amide bonds. The Bertz CT molecular complexity index is 1300. The van der Waals surface area contributed by atoms with Crippen LogP contribution in [0.5, 0.6) is 11.5 Å². The number of aromatic nitrogens is 3. The van der Waals surface area contributed by atoms with Crippen molar-refractivity contribution in [1.29, 1.82) is 0 Å². The van der Waals surface area contributed by atoms with E-state index in [0.29, 0.717) is 36.4 Å². The smallest absolute Gasteiger partial charge is 0.225 e. The molecule has 2 aromatic heterocycles. The van der Waals surface area contributed by atoms with Crippen molar-refractivity contribution in [1.82, 2.24) is 19.9 Å². The second-order valence-electron chi connectivity index (χ2n) is 10.5. The number of piperidine rings is 1. The molecule has 10 heteroatoms. The predicted octanol–water partition coefficient (Wildman–Crippen LogP) is 4.17. The van der Waals surface area contributed by atoms with Gasteiger partial charge in [-0.15, -0.1) is 0 Å². The standard InChI is InChI=1S/C29H36N6O4/c1-37-26-16-21(6-7-25(26)39-22-8-10-35(11-9-22)29(36)20-4-2-3-5-20)33-28-23-17-27(34-12-14-38-15-13-34)30-18-24(23)31-19-32-28/h6-7,16-20,22H,2-5,8-15H2,1H3,(H,31,32,33). The number of nitrogens with one attached hydrogen (secondary N) is 1. The van der Waals surface area contributed by atoms with Gasteiger partial charge >= 0.3 is 0 Å². The number of morpholine rings is 1. The summed E-state index contributed by atoms with van der Waals surface area (Å²) in [6, 6.07) is 7.85. The molecule has 0 unspecified atom stereocenters. The molecule has 1 N–H and O–H groups in total. The lowest BCUT2D eigenvalue weighted by Crippen LogP contribution is -2.44. The Morgan fingerprint density at radius 2 is 1.77 bits per heavy atom. The molecule has 0 radical (unpaired) electrons. The van der Waals surface area contributed by atoms with Crippen molar-refractivity contribution in [2.24, 2.45) is 5.92 Å². The van der Waals surface area contributed by atoms with Gasteiger partial charge in [0.15, 0.2) is 11.5 Å². The van der Waals surface area contributed by atoms with E-state index in [-0.39, 0.29) is 12.0 Å². The number of carbonyl (C=O) groups is 1. The molecule has 39 heavy (non-hydrogen) atoms. The van der Waals surface area contributed by atoms with E-state index < -0.39 is 0 Å². The highest BCUT2D eigenvalue weighted by atomic mass is 16.5. The molecule has 0 spiro atoms. The minimum Gasteiger partial charge on any atom is -0.493 e. The van der Waals surface area contributed by atoms with Crippen LogP contribution < -0.4 is 19.7 Å². The number of rotatable bonds is 7. The summed E-state index contributed by atoms with van der Waals surface area (Å²) in [5, 5.41) is 4.32. The van der Waals surface area contributed by atoms with Gasteiger partial charge < -0.3 is 29.3 Å². The van der Waals surface area contributed by atoms with E-state index in [4.69, 9.17) is 14.2 Å². The highest BCUT2D eigenvalue weighted by Crippen LogP contribution is 2.35. The highest BCUT2D eigenvalue weighted by Gasteiger charge is 2.30. The summed E-state index contributed by atoms with van der Waals surface area (Å²) in [6.07, 6.45) is 9.50. The van der Waals surface area contributed by atoms with Gasteiger partial charge in [-0.2, -0.15) is 0 Å². The topological polar surface area (TPSA) is 102 Å². The first-order valence-electron chi connectivity index (χ1n) is 14.0. The fourth-order valence-corrected chi connectivity index (χ4v) is 5.80. The Morgan fingerprint density at radius 3 is 2.54 bits per heavy atom. The van der Waals surface area contributed by atoms with Gasteiger partial charge in [0.1, 0.15) is 24.1 Å². The lowest BCUT2D eigenvalue weighted by Gasteiger charge is -2.34. The van der Waals surface area contributed by atoms with Crippen LogP contribution in [-0.4, -0.2) is 78.4 Å². The molecule has 0 bridgehead atoms. The maximum Gasteiger partial charge on any atom is 0.225 e. The van der Waals surface area contributed by atoms with Gasteiger partial charge in [-0.05, 0) is 31.0 Å². The number of benzene rings is 1. The number of hydrogen-bond donors (Lipinski definition) is 1. The van der Waals surface area contributed by atoms with Gasteiger partial charge in [0.2, 0.25) is 5.91 Å². The number of amides is 1. The first-order valence-corrected chi connectivity index (χ1v) is 14.0. The first kappa shape index (κ1) is 25.6. The van der Waals surface area contributed by atoms with Crippen molar-refractivity contribution in [2.45, 2.75) is 44.6 Å². The van der Waals surface area contributed by atoms with E-state index in [2.05, 4.69) is 25.2 Å². The van der Waals surface area contributed by atoms with E-state index in [0.717, 1.165) is 74.3 Å². The second-order valence-corrected chi connectivity index (χ2v) is 10.5. The fourth-order valence-electron chi connectivity index (χ4n) is 5.80. The van der Waals surface area contributed by atoms with E-state index >= 15 is 0 Å². The number of hydrogen-bond acceptors (Lipinski definition) is 9. The van der Waals surface area contributed by atoms with E-state index in [1.807, 2.05) is 29.2 Å². The van der Waals surface area contributed by atoms with Crippen LogP contribution in [0.4, 0.5) is 17.3 Å². The van der Waals surface area contributed by atoms with Crippen molar-refractivity contribution in [3.63, 3.8) is 0 Å². The van der Waals surface area contributed by atoms with Crippen molar-refractivity contribution < 1.29 is 19.0 Å². The average Bonchev–Trinajstić information content (AvgIpc) is 3.54. The van der Waals surface area contributed by atoms with Gasteiger partial charge in [0, 0.05) is 62.1 Å². The number of carbonyl (C=O) groups excluding carboxylic acids is 1. The van der Waals surface area contributed by atoms with Crippen LogP contribution in [0.25, 0.3) is 10.9 Å². The number of ether oxygens (including phenoxy) is 3. The Labute approximate surface area is 228 Å². The lowest BCUT2D eigenvalue weighted by molar-refractivity contribution is -0.137. The zero-order valence-electron chi connectivity index (χ0n) is 22.5. The van der Waals surface area contributed by atoms with Crippen molar-refractivity contribution >= 4 is 34.1 Å². The van der Waals surface area contributed by atoms with Crippen LogP contribution >= 0.6 is 0 Å². The average molecular weight is 533 g/mol. The number of likely N-dealkylation sites (tertiary alicyclic amines) is 1. The molecule has 2 aliphatic heterocycles. The molecular formula is C29H36N6O4. The van der Waals surface area contributed by atoms with E-state index in [1.54, 1.807) is 19.6 Å². The lowest BCUT2D eigenvalue weighted by atomic mass is 10.0. The Kier molecular flexibility index (Phi) is 7.62. The van der Waals surface area contributed by atoms with Gasteiger partial charge in [-0.25, -0.2) is 15.0 Å². The van der Waals surface area contributed by atoms with Crippen LogP contribution in [0.3, 0.4) is 0 Å². The minimum absolute atomic E-state index is 0.0576. The number of fused-ring (bicyclic) bond motifs is 1. The van der Waals surface area contributed by atoms with Crippen LogP contribution in [0.15, 0.2) is 36.8 Å². The van der Waals surface area contributed by atoms with Crippen molar-refractivity contribution in [2.75, 3.05) is 56.7 Å². The number of methoxy groups -OCH3 is 1. The summed E-state index contributed by atoms with van der Waals surface area (Å²) >= 11 is 0. The molecule has 1 aliphatic carbocycles. The third-order valence-corrected chi connectivity index (χ3v) is 8.02. The van der Waals surface area contributed by atoms with E-state index in [9.17, 15) is 4.79 Å². The highest BCUT2D eigenvalue weighted by molar-refractivity contribution is 5.92. The molecule has 6 rings (SSSR count). The van der Waals surface area contributed by atoms with Crippen LogP contribution in [0, 0.1) is 5.92 Å². The molecule has 10 nitrogen and oxygen atoms in total. The van der Waals surface area contributed by atoms with Gasteiger partial charge in [-0.3, -0.25) is 4.79 Å². The number of pyridine rings is 1. The molecule has 2 saturated heterocycles. The van der Waals surface area contributed by atoms with Crippen LogP contribution in [-0.2, 0) is 9.53 Å². The van der Waals surface area contributed by atoms with Gasteiger partial charge in [0.05, 0.1) is 32.0 Å². The third kappa shape index (κ3) is 5.71. The molecule has 3 aliphatic rings. The normalized spacial score (nSPS) is 18.9. The van der Waals surface area contributed by atoms with Gasteiger partial charge in [0.25, 0.3) is 0 Å². The predicted molar refractivity (Wildman–Crippen MR) is 149 cm³/mol. The van der Waals surface area contributed by atoms with Crippen LogP contribution in [0.2, 0.25) is 0 Å². The Morgan fingerprint density at radius 1 is 0.974 bits per heavy atom. The molecule has 4 heterocycles. The molecule has 206 valence electrons. The first-order chi connectivity index (χ1) is 19.2. The number of nitrogens with zero attached hydrogens (tertiary/aromatic N) is 5. The zero-order chi connectivity index (χ0) is 26.6. The summed E-state index contributed by atoms with van der Waals surface area (Å²) < 4.78 is 17.5. The summed E-state index contributed by atoms with van der Waals surface area (Å²) in [5.74, 6) is 3.52.